The Hall–Kier alpha value is -1.85. The van der Waals surface area contributed by atoms with Crippen molar-refractivity contribution in [2.24, 2.45) is 5.92 Å². The monoisotopic (exact) mass is 258 g/mol. The van der Waals surface area contributed by atoms with E-state index < -0.39 is 0 Å². The molecule has 0 radical (unpaired) electrons. The van der Waals surface area contributed by atoms with Crippen LogP contribution in [0, 0.1) is 5.92 Å². The molecule has 6 heteroatoms. The topological polar surface area (TPSA) is 69.4 Å². The van der Waals surface area contributed by atoms with Crippen molar-refractivity contribution in [1.82, 2.24) is 30.2 Å². The van der Waals surface area contributed by atoms with Crippen LogP contribution in [0.25, 0.3) is 11.5 Å². The second kappa shape index (κ2) is 5.86. The first-order valence-electron chi connectivity index (χ1n) is 6.96. The van der Waals surface area contributed by atoms with Gasteiger partial charge in [-0.15, -0.1) is 10.2 Å². The third kappa shape index (κ3) is 3.13. The highest BCUT2D eigenvalue weighted by atomic mass is 15.6. The third-order valence-corrected chi connectivity index (χ3v) is 3.71. The zero-order valence-corrected chi connectivity index (χ0v) is 10.9. The van der Waals surface area contributed by atoms with Gasteiger partial charge in [-0.1, -0.05) is 25.7 Å². The molecule has 0 atom stereocenters. The van der Waals surface area contributed by atoms with Crippen LogP contribution in [0.3, 0.4) is 0 Å². The summed E-state index contributed by atoms with van der Waals surface area (Å²) in [5, 5.41) is 12.4. The van der Waals surface area contributed by atoms with Crippen molar-refractivity contribution in [1.29, 1.82) is 0 Å². The van der Waals surface area contributed by atoms with E-state index in [-0.39, 0.29) is 0 Å². The first-order chi connectivity index (χ1) is 9.42. The third-order valence-electron chi connectivity index (χ3n) is 3.71. The average Bonchev–Trinajstić information content (AvgIpc) is 3.11. The summed E-state index contributed by atoms with van der Waals surface area (Å²) in [5.41, 5.74) is 0.719. The van der Waals surface area contributed by atoms with Gasteiger partial charge in [0.2, 0.25) is 5.82 Å². The van der Waals surface area contributed by atoms with E-state index in [4.69, 9.17) is 0 Å². The summed E-state index contributed by atoms with van der Waals surface area (Å²) in [6.07, 6.45) is 11.2. The minimum atomic E-state index is 0.572. The Labute approximate surface area is 112 Å². The Morgan fingerprint density at radius 3 is 2.95 bits per heavy atom. The van der Waals surface area contributed by atoms with Crippen molar-refractivity contribution in [2.75, 3.05) is 0 Å². The van der Waals surface area contributed by atoms with Crippen LogP contribution in [0.2, 0.25) is 0 Å². The van der Waals surface area contributed by atoms with Crippen LogP contribution in [0.15, 0.2) is 18.6 Å². The van der Waals surface area contributed by atoms with Crippen LogP contribution in [0.5, 0.6) is 0 Å². The summed E-state index contributed by atoms with van der Waals surface area (Å²) in [7, 11) is 0. The first-order valence-corrected chi connectivity index (χ1v) is 6.96. The van der Waals surface area contributed by atoms with E-state index in [9.17, 15) is 0 Å². The number of aryl methyl sites for hydroxylation is 1. The molecule has 6 nitrogen and oxygen atoms in total. The van der Waals surface area contributed by atoms with E-state index in [0.717, 1.165) is 24.6 Å². The molecule has 2 aromatic heterocycles. The van der Waals surface area contributed by atoms with E-state index in [2.05, 4.69) is 25.4 Å². The van der Waals surface area contributed by atoms with Crippen LogP contribution in [0.1, 0.15) is 38.5 Å². The van der Waals surface area contributed by atoms with Gasteiger partial charge in [0, 0.05) is 6.20 Å². The smallest absolute Gasteiger partial charge is 0.223 e. The van der Waals surface area contributed by atoms with Crippen LogP contribution in [-0.4, -0.2) is 30.2 Å². The Morgan fingerprint density at radius 2 is 2.16 bits per heavy atom. The lowest BCUT2D eigenvalue weighted by molar-refractivity contribution is 0.422. The molecule has 100 valence electrons. The zero-order valence-electron chi connectivity index (χ0n) is 10.9. The van der Waals surface area contributed by atoms with Gasteiger partial charge in [0.25, 0.3) is 0 Å². The van der Waals surface area contributed by atoms with Gasteiger partial charge < -0.3 is 0 Å². The zero-order chi connectivity index (χ0) is 12.9. The molecule has 1 aliphatic carbocycles. The molecule has 0 aromatic carbocycles. The van der Waals surface area contributed by atoms with Crippen LogP contribution in [0.4, 0.5) is 0 Å². The molecular weight excluding hydrogens is 240 g/mol. The summed E-state index contributed by atoms with van der Waals surface area (Å²) < 4.78 is 0. The largest absolute Gasteiger partial charge is 0.245 e. The van der Waals surface area contributed by atoms with Gasteiger partial charge >= 0.3 is 0 Å². The standard InChI is InChI=1S/C13H18N6/c1-2-5-11(4-1)6-3-9-19-17-13(16-18-19)12-7-8-14-10-15-12/h7-8,10-11H,1-6,9H2. The molecule has 0 bridgehead atoms. The Kier molecular flexibility index (Phi) is 3.76. The van der Waals surface area contributed by atoms with Crippen LogP contribution < -0.4 is 0 Å². The maximum absolute atomic E-state index is 4.35. The van der Waals surface area contributed by atoms with Crippen molar-refractivity contribution >= 4 is 0 Å². The van der Waals surface area contributed by atoms with E-state index >= 15 is 0 Å². The summed E-state index contributed by atoms with van der Waals surface area (Å²) >= 11 is 0. The summed E-state index contributed by atoms with van der Waals surface area (Å²) in [6, 6.07) is 1.79. The van der Waals surface area contributed by atoms with Gasteiger partial charge in [-0.25, -0.2) is 9.97 Å². The predicted molar refractivity (Wildman–Crippen MR) is 70.0 cm³/mol. The molecule has 2 aromatic rings. The molecular formula is C13H18N6. The molecule has 1 aliphatic rings. The molecule has 2 heterocycles. The fourth-order valence-corrected chi connectivity index (χ4v) is 2.68. The number of hydrogen-bond acceptors (Lipinski definition) is 5. The number of nitrogens with zero attached hydrogens (tertiary/aromatic N) is 6. The van der Waals surface area contributed by atoms with Crippen molar-refractivity contribution in [3.05, 3.63) is 18.6 Å². The molecule has 1 fully saturated rings. The minimum Gasteiger partial charge on any atom is -0.245 e. The van der Waals surface area contributed by atoms with Crippen molar-refractivity contribution in [3.63, 3.8) is 0 Å². The van der Waals surface area contributed by atoms with E-state index in [0.29, 0.717) is 5.82 Å². The van der Waals surface area contributed by atoms with Gasteiger partial charge in [-0.3, -0.25) is 0 Å². The highest BCUT2D eigenvalue weighted by molar-refractivity contribution is 5.45. The average molecular weight is 258 g/mol. The number of rotatable bonds is 5. The Bertz CT molecular complexity index is 503. The van der Waals surface area contributed by atoms with Crippen LogP contribution in [-0.2, 0) is 6.54 Å². The predicted octanol–water partition coefficient (Wildman–Crippen LogP) is 2.10. The van der Waals surface area contributed by atoms with Gasteiger partial charge in [0.05, 0.1) is 6.54 Å². The van der Waals surface area contributed by atoms with E-state index in [1.165, 1.54) is 38.4 Å². The fraction of sp³-hybridized carbons (Fsp3) is 0.615. The molecule has 3 rings (SSSR count). The normalized spacial score (nSPS) is 16.0. The lowest BCUT2D eigenvalue weighted by Gasteiger charge is -2.06. The molecule has 0 unspecified atom stereocenters. The maximum atomic E-state index is 4.35. The summed E-state index contributed by atoms with van der Waals surface area (Å²) in [6.45, 7) is 0.842. The number of tetrazole rings is 1. The van der Waals surface area contributed by atoms with Crippen molar-refractivity contribution in [2.45, 2.75) is 45.1 Å². The quantitative estimate of drug-likeness (QED) is 0.821. The fourth-order valence-electron chi connectivity index (χ4n) is 2.68. The van der Waals surface area contributed by atoms with Gasteiger partial charge in [0.15, 0.2) is 0 Å². The molecule has 0 spiro atoms. The lowest BCUT2D eigenvalue weighted by atomic mass is 10.0. The molecule has 0 saturated heterocycles. The maximum Gasteiger partial charge on any atom is 0.223 e. The Morgan fingerprint density at radius 1 is 1.26 bits per heavy atom. The summed E-state index contributed by atoms with van der Waals surface area (Å²) in [4.78, 5) is 9.67. The number of hydrogen-bond donors (Lipinski definition) is 0. The molecule has 0 aliphatic heterocycles. The molecule has 1 saturated carbocycles. The second-order valence-corrected chi connectivity index (χ2v) is 5.10. The summed E-state index contributed by atoms with van der Waals surface area (Å²) in [5.74, 6) is 1.49. The first kappa shape index (κ1) is 12.2. The SMILES string of the molecule is c1cc(-c2nnn(CCCC3CCCC3)n2)ncn1. The highest BCUT2D eigenvalue weighted by Gasteiger charge is 2.14. The van der Waals surface area contributed by atoms with E-state index in [1.54, 1.807) is 17.1 Å². The van der Waals surface area contributed by atoms with Gasteiger partial charge in [0.1, 0.15) is 12.0 Å². The van der Waals surface area contributed by atoms with Gasteiger partial charge in [-0.2, -0.15) is 4.80 Å². The minimum absolute atomic E-state index is 0.572. The lowest BCUT2D eigenvalue weighted by Crippen LogP contribution is -2.04. The molecule has 19 heavy (non-hydrogen) atoms. The molecule has 0 N–H and O–H groups in total. The second-order valence-electron chi connectivity index (χ2n) is 5.10. The van der Waals surface area contributed by atoms with Crippen LogP contribution >= 0.6 is 0 Å². The van der Waals surface area contributed by atoms with E-state index in [1.807, 2.05) is 0 Å². The number of aromatic nitrogens is 6. The molecule has 0 amide bonds. The Balaban J connectivity index is 1.53. The van der Waals surface area contributed by atoms with Crippen molar-refractivity contribution < 1.29 is 0 Å². The highest BCUT2D eigenvalue weighted by Crippen LogP contribution is 2.28. The van der Waals surface area contributed by atoms with Gasteiger partial charge in [-0.05, 0) is 30.0 Å². The van der Waals surface area contributed by atoms with Crippen molar-refractivity contribution in [3.8, 4) is 11.5 Å².